The van der Waals surface area contributed by atoms with Crippen LogP contribution in [0.15, 0.2) is 57.9 Å². The second-order valence-corrected chi connectivity index (χ2v) is 11.8. The third-order valence-electron chi connectivity index (χ3n) is 6.25. The first-order chi connectivity index (χ1) is 17.5. The molecule has 11 heteroatoms. The molecule has 0 saturated carbocycles. The second-order valence-electron chi connectivity index (χ2n) is 9.05. The number of rotatable bonds is 4. The van der Waals surface area contributed by atoms with E-state index in [2.05, 4.69) is 10.3 Å². The van der Waals surface area contributed by atoms with Crippen LogP contribution in [0.25, 0.3) is 28.3 Å². The van der Waals surface area contributed by atoms with Crippen LogP contribution in [-0.4, -0.2) is 36.7 Å². The Balaban J connectivity index is 1.70. The van der Waals surface area contributed by atoms with Crippen LogP contribution >= 0.6 is 22.2 Å². The highest BCUT2D eigenvalue weighted by Crippen LogP contribution is 2.45. The van der Waals surface area contributed by atoms with Gasteiger partial charge in [-0.2, -0.15) is 10.6 Å². The fourth-order valence-corrected chi connectivity index (χ4v) is 6.32. The molecule has 2 aromatic carbocycles. The fraction of sp³-hybridized carbons (Fsp3) is 0.231. The number of pyridine rings is 1. The Morgan fingerprint density at radius 1 is 1.14 bits per heavy atom. The van der Waals surface area contributed by atoms with Crippen LogP contribution < -0.4 is 10.9 Å². The van der Waals surface area contributed by atoms with Gasteiger partial charge in [-0.3, -0.25) is 18.5 Å². The Bertz CT molecular complexity index is 1550. The Morgan fingerprint density at radius 3 is 2.54 bits per heavy atom. The molecule has 1 fully saturated rings. The molecule has 0 radical (unpaired) electrons. The van der Waals surface area contributed by atoms with Crippen LogP contribution in [0.2, 0.25) is 5.02 Å². The lowest BCUT2D eigenvalue weighted by molar-refractivity contribution is 0.394. The van der Waals surface area contributed by atoms with Crippen molar-refractivity contribution in [3.05, 3.63) is 92.7 Å². The van der Waals surface area contributed by atoms with E-state index in [9.17, 15) is 22.7 Å². The van der Waals surface area contributed by atoms with Gasteiger partial charge >= 0.3 is 0 Å². The summed E-state index contributed by atoms with van der Waals surface area (Å²) in [7, 11) is -2.83. The maximum Gasteiger partial charge on any atom is 0.255 e. The van der Waals surface area contributed by atoms with Gasteiger partial charge in [0.05, 0.1) is 17.0 Å². The maximum atomic E-state index is 14.9. The number of aryl methyl sites for hydroxylation is 2. The largest absolute Gasteiger partial charge is 0.438 e. The van der Waals surface area contributed by atoms with Crippen molar-refractivity contribution in [1.82, 2.24) is 14.9 Å². The summed E-state index contributed by atoms with van der Waals surface area (Å²) in [5.41, 5.74) is 2.58. The molecule has 1 atom stereocenters. The van der Waals surface area contributed by atoms with Gasteiger partial charge in [0, 0.05) is 41.2 Å². The average Bonchev–Trinajstić information content (AvgIpc) is 3.24. The lowest BCUT2D eigenvalue weighted by Gasteiger charge is -2.39. The van der Waals surface area contributed by atoms with Gasteiger partial charge < -0.3 is 9.73 Å². The summed E-state index contributed by atoms with van der Waals surface area (Å²) in [5, 5.41) is 3.69. The Kier molecular flexibility index (Phi) is 6.71. The Morgan fingerprint density at radius 2 is 1.86 bits per heavy atom. The minimum Gasteiger partial charge on any atom is -0.438 e. The number of benzene rings is 2. The first-order valence-corrected chi connectivity index (χ1v) is 13.7. The number of hydrogen-bond donors (Lipinski definition) is 3. The molecule has 7 nitrogen and oxygen atoms in total. The van der Waals surface area contributed by atoms with E-state index >= 15 is 0 Å². The molecule has 2 aromatic heterocycles. The number of oxazole rings is 1. The smallest absolute Gasteiger partial charge is 0.255 e. The van der Waals surface area contributed by atoms with E-state index < -0.39 is 28.3 Å². The van der Waals surface area contributed by atoms with Crippen molar-refractivity contribution in [2.24, 2.45) is 0 Å². The van der Waals surface area contributed by atoms with E-state index in [1.165, 1.54) is 16.7 Å². The molecule has 194 valence electrons. The van der Waals surface area contributed by atoms with E-state index in [4.69, 9.17) is 16.0 Å². The zero-order valence-corrected chi connectivity index (χ0v) is 21.5. The lowest BCUT2D eigenvalue weighted by atomic mass is 10.1. The highest BCUT2D eigenvalue weighted by atomic mass is 35.5. The predicted octanol–water partition coefficient (Wildman–Crippen LogP) is 6.10. The van der Waals surface area contributed by atoms with E-state index in [-0.39, 0.29) is 40.0 Å². The molecule has 4 aromatic rings. The molecule has 3 N–H and O–H groups in total. The van der Waals surface area contributed by atoms with Crippen molar-refractivity contribution >= 4 is 22.2 Å². The molecule has 1 aliphatic rings. The summed E-state index contributed by atoms with van der Waals surface area (Å²) in [4.78, 5) is 17.5. The third kappa shape index (κ3) is 5.07. The van der Waals surface area contributed by atoms with Crippen LogP contribution in [-0.2, 0) is 0 Å². The van der Waals surface area contributed by atoms with Gasteiger partial charge in [0.25, 0.3) is 5.56 Å². The summed E-state index contributed by atoms with van der Waals surface area (Å²) in [5.74, 6) is -1.23. The molecule has 5 rings (SSSR count). The van der Waals surface area contributed by atoms with Gasteiger partial charge in [0.2, 0.25) is 5.89 Å². The number of nitrogens with zero attached hydrogens (tertiary/aromatic N) is 2. The van der Waals surface area contributed by atoms with Crippen LogP contribution in [0.1, 0.15) is 23.1 Å². The van der Waals surface area contributed by atoms with Crippen LogP contribution in [0.5, 0.6) is 0 Å². The maximum absolute atomic E-state index is 14.9. The van der Waals surface area contributed by atoms with Gasteiger partial charge in [-0.15, -0.1) is 0 Å². The van der Waals surface area contributed by atoms with Gasteiger partial charge in [0.1, 0.15) is 23.4 Å². The minimum absolute atomic E-state index is 0.0129. The summed E-state index contributed by atoms with van der Waals surface area (Å²) >= 11 is 6.18. The molecule has 0 bridgehead atoms. The monoisotopic (exact) mass is 547 g/mol. The Hall–Kier alpha value is -3.02. The highest BCUT2D eigenvalue weighted by Gasteiger charge is 2.31. The number of hydrogen-bond acceptors (Lipinski definition) is 6. The zero-order valence-electron chi connectivity index (χ0n) is 20.0. The first-order valence-electron chi connectivity index (χ1n) is 11.5. The van der Waals surface area contributed by atoms with E-state index in [0.29, 0.717) is 22.8 Å². The molecule has 0 aliphatic carbocycles. The molecule has 37 heavy (non-hydrogen) atoms. The van der Waals surface area contributed by atoms with Crippen molar-refractivity contribution in [3.8, 4) is 28.3 Å². The normalized spacial score (nSPS) is 18.1. The molecular formula is C26H24ClF2N3O4S. The average molecular weight is 548 g/mol. The van der Waals surface area contributed by atoms with Gasteiger partial charge in [-0.1, -0.05) is 11.6 Å². The van der Waals surface area contributed by atoms with Gasteiger partial charge in [-0.25, -0.2) is 13.8 Å². The van der Waals surface area contributed by atoms with Crippen LogP contribution in [0.3, 0.4) is 0 Å². The first kappa shape index (κ1) is 25.6. The Labute approximate surface area is 218 Å². The predicted molar refractivity (Wildman–Crippen MR) is 141 cm³/mol. The lowest BCUT2D eigenvalue weighted by Crippen LogP contribution is -2.37. The molecule has 3 heterocycles. The standard InChI is InChI=1S/C26H24ClF2N3O4S/c1-14-9-17(27)10-15(2)24(14)32-12-16(3-6-22(32)33)23-25(19-5-4-18(28)11-20(19)29)36-26(31-23)21-13-37(34,35)8-7-30-21/h3-6,9-12,21,30,34-35H,7-8,13H2,1-2H3. The second kappa shape index (κ2) is 9.70. The summed E-state index contributed by atoms with van der Waals surface area (Å²) < 4.78 is 56.5. The molecule has 0 amide bonds. The van der Waals surface area contributed by atoms with Crippen molar-refractivity contribution in [1.29, 1.82) is 0 Å². The van der Waals surface area contributed by atoms with E-state index in [0.717, 1.165) is 23.3 Å². The van der Waals surface area contributed by atoms with Crippen molar-refractivity contribution in [2.75, 3.05) is 18.1 Å². The van der Waals surface area contributed by atoms with Crippen LogP contribution in [0, 0.1) is 25.5 Å². The van der Waals surface area contributed by atoms with Crippen LogP contribution in [0.4, 0.5) is 8.78 Å². The molecule has 1 unspecified atom stereocenters. The van der Waals surface area contributed by atoms with Gasteiger partial charge in [0.15, 0.2) is 5.76 Å². The van der Waals surface area contributed by atoms with E-state index in [1.807, 2.05) is 13.8 Å². The van der Waals surface area contributed by atoms with E-state index in [1.54, 1.807) is 24.4 Å². The third-order valence-corrected chi connectivity index (χ3v) is 8.20. The van der Waals surface area contributed by atoms with Crippen molar-refractivity contribution < 1.29 is 22.3 Å². The molecule has 1 saturated heterocycles. The zero-order chi connectivity index (χ0) is 26.5. The molecule has 1 aliphatic heterocycles. The summed E-state index contributed by atoms with van der Waals surface area (Å²) in [6.45, 7) is 4.02. The quantitative estimate of drug-likeness (QED) is 0.285. The summed E-state index contributed by atoms with van der Waals surface area (Å²) in [6.07, 6.45) is 1.58. The van der Waals surface area contributed by atoms with Gasteiger partial charge in [-0.05, 0) is 55.3 Å². The number of halogens is 3. The highest BCUT2D eigenvalue weighted by molar-refractivity contribution is 8.24. The molecule has 0 spiro atoms. The SMILES string of the molecule is Cc1cc(Cl)cc(C)c1-n1cc(-c2nc(C3CS(O)(O)CCN3)oc2-c2ccc(F)cc2F)ccc1=O. The minimum atomic E-state index is -2.83. The summed E-state index contributed by atoms with van der Waals surface area (Å²) in [6, 6.07) is 8.92. The number of aromatic nitrogens is 2. The number of nitrogens with one attached hydrogen (secondary N) is 1. The topological polar surface area (TPSA) is 101 Å². The van der Waals surface area contributed by atoms with Crippen molar-refractivity contribution in [2.45, 2.75) is 19.9 Å². The van der Waals surface area contributed by atoms with Crippen molar-refractivity contribution in [3.63, 3.8) is 0 Å². The fourth-order valence-electron chi connectivity index (χ4n) is 4.59. The molecular weight excluding hydrogens is 524 g/mol.